The Bertz CT molecular complexity index is 1050. The molecule has 0 fully saturated rings. The number of imidazole rings is 1. The Morgan fingerprint density at radius 3 is 2.70 bits per heavy atom. The second-order valence-electron chi connectivity index (χ2n) is 5.62. The number of H-pyrrole nitrogens is 1. The van der Waals surface area contributed by atoms with Crippen LogP contribution in [0.3, 0.4) is 0 Å². The molecule has 2 aromatic carbocycles. The molecular weight excluding hydrogens is 389 g/mol. The zero-order valence-corrected chi connectivity index (χ0v) is 15.4. The molecule has 0 bridgehead atoms. The maximum atomic E-state index is 12.0. The number of aromatic nitrogens is 2. The van der Waals surface area contributed by atoms with Gasteiger partial charge >= 0.3 is 5.97 Å². The Hall–Kier alpha value is -3.01. The predicted octanol–water partition coefficient (Wildman–Crippen LogP) is 4.45. The highest BCUT2D eigenvalue weighted by Gasteiger charge is 2.15. The number of ether oxygens (including phenoxy) is 1. The zero-order chi connectivity index (χ0) is 19.4. The van der Waals surface area contributed by atoms with E-state index < -0.39 is 12.6 Å². The second kappa shape index (κ2) is 8.12. The van der Waals surface area contributed by atoms with E-state index in [9.17, 15) is 15.2 Å². The van der Waals surface area contributed by atoms with Gasteiger partial charge in [-0.15, -0.1) is 0 Å². The van der Waals surface area contributed by atoms with Gasteiger partial charge in [-0.2, -0.15) is 5.26 Å². The summed E-state index contributed by atoms with van der Waals surface area (Å²) in [6.07, 6.45) is -0.0449. The van der Waals surface area contributed by atoms with Crippen LogP contribution < -0.4 is 0 Å². The molecule has 0 saturated carbocycles. The number of halogens is 2. The number of benzene rings is 2. The van der Waals surface area contributed by atoms with Gasteiger partial charge in [0, 0.05) is 0 Å². The number of aliphatic hydroxyl groups excluding tert-OH is 1. The fraction of sp³-hybridized carbons (Fsp3) is 0.105. The molecule has 3 aromatic rings. The fourth-order valence-electron chi connectivity index (χ4n) is 2.41. The summed E-state index contributed by atoms with van der Waals surface area (Å²) in [5.41, 5.74) is 1.92. The van der Waals surface area contributed by atoms with E-state index in [2.05, 4.69) is 9.97 Å². The molecule has 6 nitrogen and oxygen atoms in total. The molecule has 0 saturated heterocycles. The highest BCUT2D eigenvalue weighted by Crippen LogP contribution is 2.23. The van der Waals surface area contributed by atoms with Gasteiger partial charge < -0.3 is 14.8 Å². The van der Waals surface area contributed by atoms with Crippen molar-refractivity contribution in [2.24, 2.45) is 0 Å². The van der Waals surface area contributed by atoms with Gasteiger partial charge in [-0.05, 0) is 29.8 Å². The molecule has 3 rings (SSSR count). The molecule has 0 spiro atoms. The Kier molecular flexibility index (Phi) is 5.65. The third kappa shape index (κ3) is 4.40. The van der Waals surface area contributed by atoms with Crippen molar-refractivity contribution in [2.75, 3.05) is 6.61 Å². The first kappa shape index (κ1) is 18.8. The van der Waals surface area contributed by atoms with Crippen molar-refractivity contribution in [1.29, 1.82) is 5.26 Å². The third-order valence-corrected chi connectivity index (χ3v) is 4.47. The van der Waals surface area contributed by atoms with Crippen LogP contribution in [0.5, 0.6) is 0 Å². The normalized spacial score (nSPS) is 11.7. The first-order valence-corrected chi connectivity index (χ1v) is 8.60. The molecule has 2 N–H and O–H groups in total. The van der Waals surface area contributed by atoms with Crippen LogP contribution in [-0.4, -0.2) is 27.7 Å². The summed E-state index contributed by atoms with van der Waals surface area (Å²) in [4.78, 5) is 19.2. The average Bonchev–Trinajstić information content (AvgIpc) is 3.07. The SMILES string of the molecule is N#CC(=C(O)COC(=O)Cc1ccc(Cl)c(Cl)c1)c1nc2ccccc2[nH]1. The number of fused-ring (bicyclic) bond motifs is 1. The van der Waals surface area contributed by atoms with E-state index >= 15 is 0 Å². The summed E-state index contributed by atoms with van der Waals surface area (Å²) in [6, 6.07) is 13.9. The maximum Gasteiger partial charge on any atom is 0.310 e. The number of nitriles is 1. The van der Waals surface area contributed by atoms with Crippen molar-refractivity contribution in [3.05, 3.63) is 69.7 Å². The average molecular weight is 402 g/mol. The smallest absolute Gasteiger partial charge is 0.310 e. The summed E-state index contributed by atoms with van der Waals surface area (Å²) < 4.78 is 5.04. The number of nitrogens with zero attached hydrogens (tertiary/aromatic N) is 2. The molecule has 0 radical (unpaired) electrons. The molecule has 0 unspecified atom stereocenters. The lowest BCUT2D eigenvalue weighted by Gasteiger charge is -2.06. The van der Waals surface area contributed by atoms with E-state index in [1.165, 1.54) is 0 Å². The van der Waals surface area contributed by atoms with Crippen LogP contribution in [-0.2, 0) is 16.0 Å². The first-order valence-electron chi connectivity index (χ1n) is 7.85. The molecule has 0 aliphatic carbocycles. The van der Waals surface area contributed by atoms with Crippen LogP contribution in [0.2, 0.25) is 10.0 Å². The fourth-order valence-corrected chi connectivity index (χ4v) is 2.73. The first-order chi connectivity index (χ1) is 13.0. The number of hydrogen-bond acceptors (Lipinski definition) is 5. The molecule has 0 atom stereocenters. The van der Waals surface area contributed by atoms with Crippen molar-refractivity contribution in [3.8, 4) is 6.07 Å². The summed E-state index contributed by atoms with van der Waals surface area (Å²) in [5.74, 6) is -0.766. The maximum absolute atomic E-state index is 12.0. The molecule has 1 heterocycles. The van der Waals surface area contributed by atoms with Crippen LogP contribution >= 0.6 is 23.2 Å². The van der Waals surface area contributed by atoms with E-state index in [1.54, 1.807) is 30.3 Å². The highest BCUT2D eigenvalue weighted by molar-refractivity contribution is 6.42. The van der Waals surface area contributed by atoms with Crippen molar-refractivity contribution < 1.29 is 14.6 Å². The predicted molar refractivity (Wildman–Crippen MR) is 102 cm³/mol. The largest absolute Gasteiger partial charge is 0.507 e. The minimum atomic E-state index is -0.582. The van der Waals surface area contributed by atoms with Crippen LogP contribution in [0.15, 0.2) is 48.2 Å². The topological polar surface area (TPSA) is 99.0 Å². The number of allylic oxidation sites excluding steroid dienone is 1. The number of para-hydroxylation sites is 2. The Balaban J connectivity index is 1.70. The summed E-state index contributed by atoms with van der Waals surface area (Å²) >= 11 is 11.7. The van der Waals surface area contributed by atoms with Crippen molar-refractivity contribution in [1.82, 2.24) is 9.97 Å². The molecule has 0 aliphatic rings. The van der Waals surface area contributed by atoms with Crippen LogP contribution in [0.4, 0.5) is 0 Å². The lowest BCUT2D eigenvalue weighted by molar-refractivity contribution is -0.142. The van der Waals surface area contributed by atoms with Gasteiger partial charge in [0.25, 0.3) is 0 Å². The van der Waals surface area contributed by atoms with Gasteiger partial charge in [0.2, 0.25) is 0 Å². The number of nitrogens with one attached hydrogen (secondary N) is 1. The number of aromatic amines is 1. The Labute approximate surface area is 164 Å². The highest BCUT2D eigenvalue weighted by atomic mass is 35.5. The lowest BCUT2D eigenvalue weighted by Crippen LogP contribution is -2.11. The van der Waals surface area contributed by atoms with Crippen molar-refractivity contribution in [3.63, 3.8) is 0 Å². The zero-order valence-electron chi connectivity index (χ0n) is 13.9. The molecule has 136 valence electrons. The van der Waals surface area contributed by atoms with E-state index in [4.69, 9.17) is 27.9 Å². The van der Waals surface area contributed by atoms with Gasteiger partial charge in [0.15, 0.2) is 11.6 Å². The standard InChI is InChI=1S/C19H13Cl2N3O3/c20-13-6-5-11(7-14(13)21)8-18(26)27-10-17(25)12(9-22)19-23-15-3-1-2-4-16(15)24-19/h1-7,25H,8,10H2,(H,23,24). The number of carbonyl (C=O) groups excluding carboxylic acids is 1. The molecule has 8 heteroatoms. The lowest BCUT2D eigenvalue weighted by atomic mass is 10.1. The minimum Gasteiger partial charge on any atom is -0.507 e. The van der Waals surface area contributed by atoms with E-state index in [-0.39, 0.29) is 23.6 Å². The van der Waals surface area contributed by atoms with E-state index in [0.717, 1.165) is 5.52 Å². The quantitative estimate of drug-likeness (QED) is 0.373. The Morgan fingerprint density at radius 2 is 2.00 bits per heavy atom. The van der Waals surface area contributed by atoms with Gasteiger partial charge in [0.05, 0.1) is 27.5 Å². The van der Waals surface area contributed by atoms with Gasteiger partial charge in [-0.1, -0.05) is 41.4 Å². The third-order valence-electron chi connectivity index (χ3n) is 3.73. The molecule has 1 aromatic heterocycles. The van der Waals surface area contributed by atoms with Crippen LogP contribution in [0.1, 0.15) is 11.4 Å². The number of hydrogen-bond donors (Lipinski definition) is 2. The number of rotatable bonds is 5. The van der Waals surface area contributed by atoms with E-state index in [0.29, 0.717) is 21.1 Å². The van der Waals surface area contributed by atoms with Gasteiger partial charge in [-0.3, -0.25) is 4.79 Å². The molecule has 0 aliphatic heterocycles. The Morgan fingerprint density at radius 1 is 1.22 bits per heavy atom. The van der Waals surface area contributed by atoms with Gasteiger partial charge in [-0.25, -0.2) is 4.98 Å². The van der Waals surface area contributed by atoms with Crippen LogP contribution in [0.25, 0.3) is 16.6 Å². The minimum absolute atomic E-state index is 0.0449. The van der Waals surface area contributed by atoms with Crippen LogP contribution in [0, 0.1) is 11.3 Å². The summed E-state index contributed by atoms with van der Waals surface area (Å²) in [6.45, 7) is -0.444. The number of esters is 1. The van der Waals surface area contributed by atoms with Crippen molar-refractivity contribution in [2.45, 2.75) is 6.42 Å². The molecule has 27 heavy (non-hydrogen) atoms. The van der Waals surface area contributed by atoms with E-state index in [1.807, 2.05) is 18.2 Å². The second-order valence-corrected chi connectivity index (χ2v) is 6.44. The number of carbonyl (C=O) groups is 1. The molecule has 0 amide bonds. The summed E-state index contributed by atoms with van der Waals surface area (Å²) in [7, 11) is 0. The van der Waals surface area contributed by atoms with Crippen molar-refractivity contribution >= 4 is 45.8 Å². The molecular formula is C19H13Cl2N3O3. The van der Waals surface area contributed by atoms with Gasteiger partial charge in [0.1, 0.15) is 18.2 Å². The monoisotopic (exact) mass is 401 g/mol. The number of aliphatic hydroxyl groups is 1. The summed E-state index contributed by atoms with van der Waals surface area (Å²) in [5, 5.41) is 20.2.